The van der Waals surface area contributed by atoms with E-state index < -0.39 is 17.1 Å². The first-order valence-corrected chi connectivity index (χ1v) is 20.2. The van der Waals surface area contributed by atoms with Gasteiger partial charge in [-0.05, 0) is 138 Å². The second kappa shape index (κ2) is 12.1. The highest BCUT2D eigenvalue weighted by Gasteiger charge is 2.55. The molecular weight excluding hydrogens is 727 g/mol. The lowest BCUT2D eigenvalue weighted by Crippen LogP contribution is -2.43. The number of hydrogen-bond donors (Lipinski definition) is 2. The number of aromatic amines is 2. The number of H-pyrrole nitrogens is 2. The summed E-state index contributed by atoms with van der Waals surface area (Å²) >= 11 is 0. The van der Waals surface area contributed by atoms with Crippen LogP contribution in [-0.2, 0) is 15.4 Å². The van der Waals surface area contributed by atoms with E-state index in [2.05, 4.69) is 15.0 Å². The van der Waals surface area contributed by atoms with Crippen molar-refractivity contribution in [3.8, 4) is 33.5 Å². The maximum Gasteiger partial charge on any atom is 0.411 e. The number of hydrogen-bond acceptors (Lipinski definition) is 6. The van der Waals surface area contributed by atoms with Gasteiger partial charge in [0.25, 0.3) is 5.92 Å². The summed E-state index contributed by atoms with van der Waals surface area (Å²) < 4.78 is 44.5. The van der Waals surface area contributed by atoms with E-state index in [-0.39, 0.29) is 46.9 Å². The van der Waals surface area contributed by atoms with Gasteiger partial charge in [0.1, 0.15) is 22.9 Å². The van der Waals surface area contributed by atoms with Crippen molar-refractivity contribution >= 4 is 23.2 Å². The Kier molecular flexibility index (Phi) is 7.68. The summed E-state index contributed by atoms with van der Waals surface area (Å²) in [6, 6.07) is 15.9. The van der Waals surface area contributed by atoms with Crippen molar-refractivity contribution in [3.63, 3.8) is 0 Å². The van der Waals surface area contributed by atoms with Crippen LogP contribution in [0, 0.1) is 11.3 Å². The molecule has 4 heterocycles. The van der Waals surface area contributed by atoms with Crippen LogP contribution in [0.5, 0.6) is 0 Å². The second-order valence-electron chi connectivity index (χ2n) is 19.0. The molecule has 5 aromatic rings. The average Bonchev–Trinajstić information content (AvgIpc) is 3.78. The monoisotopic (exact) mass is 774 g/mol. The van der Waals surface area contributed by atoms with Gasteiger partial charge >= 0.3 is 12.2 Å². The molecule has 2 bridgehead atoms. The molecule has 2 aromatic heterocycles. The van der Waals surface area contributed by atoms with Crippen molar-refractivity contribution < 1.29 is 27.8 Å². The molecule has 4 fully saturated rings. The summed E-state index contributed by atoms with van der Waals surface area (Å²) in [4.78, 5) is 46.6. The molecule has 0 radical (unpaired) electrons. The quantitative estimate of drug-likeness (QED) is 0.188. The van der Waals surface area contributed by atoms with Crippen molar-refractivity contribution in [2.75, 3.05) is 6.54 Å². The van der Waals surface area contributed by atoms with E-state index in [1.54, 1.807) is 35.4 Å². The van der Waals surface area contributed by atoms with Gasteiger partial charge in [0.05, 0.1) is 35.0 Å². The molecule has 3 unspecified atom stereocenters. The van der Waals surface area contributed by atoms with Gasteiger partial charge in [0, 0.05) is 29.3 Å². The summed E-state index contributed by atoms with van der Waals surface area (Å²) in [7, 11) is 0. The molecule has 10 rings (SSSR count). The number of ether oxygens (including phenoxy) is 2. The predicted molar refractivity (Wildman–Crippen MR) is 211 cm³/mol. The lowest BCUT2D eigenvalue weighted by atomic mass is 9.98. The highest BCUT2D eigenvalue weighted by molar-refractivity contribution is 5.87. The van der Waals surface area contributed by atoms with Crippen molar-refractivity contribution in [1.29, 1.82) is 0 Å². The van der Waals surface area contributed by atoms with Crippen molar-refractivity contribution in [2.24, 2.45) is 11.3 Å². The molecule has 2 saturated heterocycles. The minimum Gasteiger partial charge on any atom is -0.444 e. The van der Waals surface area contributed by atoms with Crippen LogP contribution in [-0.4, -0.2) is 65.7 Å². The number of nitrogens with zero attached hydrogens (tertiary/aromatic N) is 4. The molecule has 10 nitrogen and oxygen atoms in total. The molecule has 3 aromatic carbocycles. The topological polar surface area (TPSA) is 116 Å². The standard InChI is InChI=1S/C45H48F2N6O4/c1-42(2,3)56-40(54)52-23-44(15-16-44)21-36(52)38-48-22-35(51-38)26-9-13-30-29-12-8-24(18-31(29)45(46,47)32(30)19-26)25-10-14-33-34(20-25)50-39(49-33)37-27-7-11-28(17-27)53(37)41(55)57-43(4,5)6/h8-10,12-14,18-20,22,27-28,36-37H,7,11,15-17,21,23H2,1-6H3,(H,48,51)(H,49,50)/t27-,28?,36?,37?/m0/s1. The number of nitrogens with one attached hydrogen (secondary N) is 2. The number of fused-ring (bicyclic) bond motifs is 6. The highest BCUT2D eigenvalue weighted by Crippen LogP contribution is 2.59. The largest absolute Gasteiger partial charge is 0.444 e. The number of carbonyl (C=O) groups excluding carboxylic acids is 2. The van der Waals surface area contributed by atoms with Crippen LogP contribution in [0.3, 0.4) is 0 Å². The predicted octanol–water partition coefficient (Wildman–Crippen LogP) is 10.7. The number of imidazole rings is 2. The van der Waals surface area contributed by atoms with Crippen LogP contribution in [0.15, 0.2) is 60.8 Å². The minimum atomic E-state index is -3.23. The number of aromatic nitrogens is 4. The van der Waals surface area contributed by atoms with E-state index in [0.717, 1.165) is 60.9 Å². The molecule has 57 heavy (non-hydrogen) atoms. The number of rotatable bonds is 4. The molecule has 5 aliphatic rings. The van der Waals surface area contributed by atoms with E-state index in [1.807, 2.05) is 76.8 Å². The first kappa shape index (κ1) is 36.1. The van der Waals surface area contributed by atoms with Crippen LogP contribution in [0.2, 0.25) is 0 Å². The zero-order valence-electron chi connectivity index (χ0n) is 33.2. The van der Waals surface area contributed by atoms with Gasteiger partial charge < -0.3 is 19.4 Å². The number of benzene rings is 3. The van der Waals surface area contributed by atoms with Crippen molar-refractivity contribution in [2.45, 2.75) is 115 Å². The number of amides is 2. The molecule has 3 aliphatic carbocycles. The van der Waals surface area contributed by atoms with Crippen LogP contribution < -0.4 is 0 Å². The fourth-order valence-electron chi connectivity index (χ4n) is 9.84. The maximum atomic E-state index is 16.5. The smallest absolute Gasteiger partial charge is 0.411 e. The van der Waals surface area contributed by atoms with Crippen LogP contribution in [0.4, 0.5) is 18.4 Å². The normalized spacial score (nSPS) is 24.0. The van der Waals surface area contributed by atoms with Crippen LogP contribution in [0.1, 0.15) is 115 Å². The Morgan fingerprint density at radius 1 is 0.807 bits per heavy atom. The van der Waals surface area contributed by atoms with Crippen LogP contribution in [0.25, 0.3) is 44.5 Å². The summed E-state index contributed by atoms with van der Waals surface area (Å²) in [5.74, 6) is -1.56. The molecule has 2 amide bonds. The van der Waals surface area contributed by atoms with Gasteiger partial charge in [0.2, 0.25) is 0 Å². The highest BCUT2D eigenvalue weighted by atomic mass is 19.3. The molecule has 1 spiro atoms. The third-order valence-corrected chi connectivity index (χ3v) is 12.6. The van der Waals surface area contributed by atoms with Gasteiger partial charge in [-0.1, -0.05) is 30.3 Å². The Morgan fingerprint density at radius 3 is 2.16 bits per heavy atom. The van der Waals surface area contributed by atoms with E-state index in [1.165, 1.54) is 0 Å². The SMILES string of the molecule is CC(C)(C)OC(=O)N1CC2(CC2)CC1c1ncc(-c2ccc3c(c2)C(F)(F)c2cc(-c4ccc5nc(C6[C@H]7CCC(C7)N6C(=O)OC(C)(C)C)[nH]c5c4)ccc2-3)[nH]1. The number of halogens is 2. The van der Waals surface area contributed by atoms with Crippen molar-refractivity contribution in [1.82, 2.24) is 29.7 Å². The Hall–Kier alpha value is -5.26. The van der Waals surface area contributed by atoms with E-state index in [0.29, 0.717) is 46.2 Å². The first-order chi connectivity index (χ1) is 27.0. The lowest BCUT2D eigenvalue weighted by Gasteiger charge is -2.35. The number of alkyl halides is 2. The van der Waals surface area contributed by atoms with E-state index in [4.69, 9.17) is 14.5 Å². The summed E-state index contributed by atoms with van der Waals surface area (Å²) in [6.45, 7) is 11.8. The third kappa shape index (κ3) is 6.09. The molecule has 2 N–H and O–H groups in total. The Bertz CT molecular complexity index is 2470. The summed E-state index contributed by atoms with van der Waals surface area (Å²) in [6.07, 6.45) is 6.83. The van der Waals surface area contributed by atoms with Gasteiger partial charge in [0.15, 0.2) is 0 Å². The fraction of sp³-hybridized carbons (Fsp3) is 0.467. The second-order valence-corrected chi connectivity index (χ2v) is 19.0. The first-order valence-electron chi connectivity index (χ1n) is 20.2. The van der Waals surface area contributed by atoms with Gasteiger partial charge in [-0.2, -0.15) is 8.78 Å². The molecular formula is C45H48F2N6O4. The van der Waals surface area contributed by atoms with Crippen molar-refractivity contribution in [3.05, 3.63) is 83.6 Å². The Balaban J connectivity index is 0.910. The number of likely N-dealkylation sites (tertiary alicyclic amines) is 2. The Morgan fingerprint density at radius 2 is 1.46 bits per heavy atom. The third-order valence-electron chi connectivity index (χ3n) is 12.6. The summed E-state index contributed by atoms with van der Waals surface area (Å²) in [5.41, 5.74) is 4.02. The Labute approximate surface area is 330 Å². The van der Waals surface area contributed by atoms with E-state index in [9.17, 15) is 9.59 Å². The molecule has 2 aliphatic heterocycles. The molecule has 4 atom stereocenters. The van der Waals surface area contributed by atoms with Gasteiger partial charge in [-0.3, -0.25) is 9.80 Å². The minimum absolute atomic E-state index is 0.0356. The molecule has 2 saturated carbocycles. The number of carbonyl (C=O) groups is 2. The lowest BCUT2D eigenvalue weighted by molar-refractivity contribution is 0.00615. The molecule has 12 heteroatoms. The zero-order valence-corrected chi connectivity index (χ0v) is 33.2. The van der Waals surface area contributed by atoms with Crippen LogP contribution >= 0.6 is 0 Å². The van der Waals surface area contributed by atoms with Gasteiger partial charge in [-0.15, -0.1) is 0 Å². The average molecular weight is 775 g/mol. The molecule has 296 valence electrons. The number of piperidine rings is 1. The fourth-order valence-corrected chi connectivity index (χ4v) is 9.84. The maximum absolute atomic E-state index is 16.5. The van der Waals surface area contributed by atoms with Gasteiger partial charge in [-0.25, -0.2) is 19.6 Å². The zero-order chi connectivity index (χ0) is 39.8. The summed E-state index contributed by atoms with van der Waals surface area (Å²) in [5, 5.41) is 0. The van der Waals surface area contributed by atoms with E-state index >= 15 is 8.78 Å².